The SMILES string of the molecule is C=C/C=C\C(=C/C)C(=C)Cc1ccc(N(C)C(=C)c2ccc(C#CCC)cc2)cc1C. The second-order valence-corrected chi connectivity index (χ2v) is 7.47. The van der Waals surface area contributed by atoms with Crippen LogP contribution in [0.1, 0.15) is 42.5 Å². The fourth-order valence-electron chi connectivity index (χ4n) is 3.29. The van der Waals surface area contributed by atoms with Crippen LogP contribution in [-0.4, -0.2) is 7.05 Å². The normalized spacial score (nSPS) is 11.0. The summed E-state index contributed by atoms with van der Waals surface area (Å²) in [5.74, 6) is 6.27. The smallest absolute Gasteiger partial charge is 0.0410 e. The van der Waals surface area contributed by atoms with Crippen LogP contribution < -0.4 is 4.90 Å². The van der Waals surface area contributed by atoms with Crippen molar-refractivity contribution in [1.82, 2.24) is 0 Å². The van der Waals surface area contributed by atoms with Crippen molar-refractivity contribution in [3.63, 3.8) is 0 Å². The number of anilines is 1. The summed E-state index contributed by atoms with van der Waals surface area (Å²) in [6.45, 7) is 18.6. The summed E-state index contributed by atoms with van der Waals surface area (Å²) in [5, 5.41) is 0. The first-order valence-corrected chi connectivity index (χ1v) is 10.7. The molecule has 0 heterocycles. The Labute approximate surface area is 188 Å². The van der Waals surface area contributed by atoms with E-state index in [1.54, 1.807) is 6.08 Å². The Morgan fingerprint density at radius 2 is 1.81 bits per heavy atom. The van der Waals surface area contributed by atoms with Gasteiger partial charge in [0, 0.05) is 30.4 Å². The quantitative estimate of drug-likeness (QED) is 0.321. The molecule has 0 radical (unpaired) electrons. The van der Waals surface area contributed by atoms with Crippen LogP contribution in [0.4, 0.5) is 5.69 Å². The summed E-state index contributed by atoms with van der Waals surface area (Å²) in [7, 11) is 2.05. The van der Waals surface area contributed by atoms with Gasteiger partial charge < -0.3 is 4.90 Å². The van der Waals surface area contributed by atoms with E-state index in [-0.39, 0.29) is 0 Å². The van der Waals surface area contributed by atoms with E-state index >= 15 is 0 Å². The van der Waals surface area contributed by atoms with E-state index in [9.17, 15) is 0 Å². The lowest BCUT2D eigenvalue weighted by Crippen LogP contribution is -2.14. The van der Waals surface area contributed by atoms with Crippen molar-refractivity contribution in [2.75, 3.05) is 11.9 Å². The van der Waals surface area contributed by atoms with Crippen molar-refractivity contribution in [3.8, 4) is 11.8 Å². The van der Waals surface area contributed by atoms with Crippen LogP contribution in [-0.2, 0) is 6.42 Å². The zero-order valence-corrected chi connectivity index (χ0v) is 19.3. The third-order valence-corrected chi connectivity index (χ3v) is 5.28. The molecule has 0 aromatic heterocycles. The lowest BCUT2D eigenvalue weighted by molar-refractivity contribution is 1.13. The maximum atomic E-state index is 4.31. The summed E-state index contributed by atoms with van der Waals surface area (Å²) in [4.78, 5) is 2.13. The second-order valence-electron chi connectivity index (χ2n) is 7.47. The topological polar surface area (TPSA) is 3.24 Å². The number of rotatable bonds is 8. The lowest BCUT2D eigenvalue weighted by atomic mass is 9.95. The average Bonchev–Trinajstić information content (AvgIpc) is 2.78. The highest BCUT2D eigenvalue weighted by Gasteiger charge is 2.10. The highest BCUT2D eigenvalue weighted by atomic mass is 15.1. The first-order valence-electron chi connectivity index (χ1n) is 10.7. The van der Waals surface area contributed by atoms with E-state index in [2.05, 4.69) is 112 Å². The number of aryl methyl sites for hydroxylation is 1. The molecule has 2 aromatic rings. The van der Waals surface area contributed by atoms with Crippen molar-refractivity contribution in [1.29, 1.82) is 0 Å². The molecule has 0 N–H and O–H groups in total. The Bertz CT molecular complexity index is 1070. The summed E-state index contributed by atoms with van der Waals surface area (Å²) in [6.07, 6.45) is 9.55. The van der Waals surface area contributed by atoms with Gasteiger partial charge in [0.1, 0.15) is 0 Å². The average molecular weight is 408 g/mol. The van der Waals surface area contributed by atoms with Crippen molar-refractivity contribution in [2.24, 2.45) is 0 Å². The van der Waals surface area contributed by atoms with Crippen LogP contribution in [0.15, 0.2) is 97.7 Å². The first kappa shape index (κ1) is 23.8. The summed E-state index contributed by atoms with van der Waals surface area (Å²) < 4.78 is 0. The van der Waals surface area contributed by atoms with E-state index in [4.69, 9.17) is 0 Å². The molecule has 0 atom stereocenters. The Kier molecular flexibility index (Phi) is 8.92. The zero-order valence-electron chi connectivity index (χ0n) is 19.3. The Morgan fingerprint density at radius 3 is 2.39 bits per heavy atom. The Balaban J connectivity index is 2.16. The fourth-order valence-corrected chi connectivity index (χ4v) is 3.29. The number of benzene rings is 2. The highest BCUT2D eigenvalue weighted by Crippen LogP contribution is 2.27. The van der Waals surface area contributed by atoms with E-state index in [0.29, 0.717) is 0 Å². The molecule has 158 valence electrons. The molecular weight excluding hydrogens is 374 g/mol. The number of hydrogen-bond acceptors (Lipinski definition) is 1. The largest absolute Gasteiger partial charge is 0.345 e. The van der Waals surface area contributed by atoms with Crippen molar-refractivity contribution >= 4 is 11.4 Å². The molecule has 2 rings (SSSR count). The monoisotopic (exact) mass is 407 g/mol. The van der Waals surface area contributed by atoms with Gasteiger partial charge in [0.15, 0.2) is 0 Å². The molecule has 2 aromatic carbocycles. The molecule has 0 saturated heterocycles. The van der Waals surface area contributed by atoms with Gasteiger partial charge in [-0.05, 0) is 72.4 Å². The molecule has 1 nitrogen and oxygen atoms in total. The maximum absolute atomic E-state index is 4.31. The molecule has 0 saturated carbocycles. The molecule has 0 bridgehead atoms. The van der Waals surface area contributed by atoms with E-state index in [1.807, 2.05) is 13.0 Å². The molecule has 0 aliphatic heterocycles. The van der Waals surface area contributed by atoms with Crippen LogP contribution in [0.2, 0.25) is 0 Å². The van der Waals surface area contributed by atoms with Gasteiger partial charge in [0.25, 0.3) is 0 Å². The third kappa shape index (κ3) is 6.49. The van der Waals surface area contributed by atoms with Gasteiger partial charge in [-0.25, -0.2) is 0 Å². The van der Waals surface area contributed by atoms with Crippen LogP contribution in [0, 0.1) is 18.8 Å². The summed E-state index contributed by atoms with van der Waals surface area (Å²) in [6, 6.07) is 14.8. The van der Waals surface area contributed by atoms with Crippen molar-refractivity contribution in [3.05, 3.63) is 120 Å². The van der Waals surface area contributed by atoms with Crippen LogP contribution in [0.3, 0.4) is 0 Å². The van der Waals surface area contributed by atoms with Gasteiger partial charge >= 0.3 is 0 Å². The highest BCUT2D eigenvalue weighted by molar-refractivity contribution is 5.78. The molecule has 31 heavy (non-hydrogen) atoms. The Morgan fingerprint density at radius 1 is 1.10 bits per heavy atom. The van der Waals surface area contributed by atoms with Gasteiger partial charge in [0.05, 0.1) is 0 Å². The minimum Gasteiger partial charge on any atom is -0.345 e. The standard InChI is InChI=1S/C30H33N/c1-8-11-13-26-15-17-28(18-16-26)25(6)31(7)30-20-19-29(24(5)22-30)21-23(4)27(10-3)14-12-9-2/h9-10,12,14-20,22H,2,4,6,8,21H2,1,3,5,7H3/b14-12-,27-10+. The van der Waals surface area contributed by atoms with Crippen LogP contribution >= 0.6 is 0 Å². The van der Waals surface area contributed by atoms with Gasteiger partial charge in [0.2, 0.25) is 0 Å². The van der Waals surface area contributed by atoms with E-state index in [0.717, 1.165) is 46.5 Å². The number of nitrogens with zero attached hydrogens (tertiary/aromatic N) is 1. The third-order valence-electron chi connectivity index (χ3n) is 5.28. The molecule has 0 aliphatic rings. The van der Waals surface area contributed by atoms with Gasteiger partial charge in [-0.15, -0.1) is 0 Å². The van der Waals surface area contributed by atoms with Crippen molar-refractivity contribution < 1.29 is 0 Å². The molecule has 0 spiro atoms. The predicted molar refractivity (Wildman–Crippen MR) is 138 cm³/mol. The number of allylic oxidation sites excluding steroid dienone is 6. The summed E-state index contributed by atoms with van der Waals surface area (Å²) >= 11 is 0. The van der Waals surface area contributed by atoms with Gasteiger partial charge in [-0.3, -0.25) is 0 Å². The minimum atomic E-state index is 0.818. The number of hydrogen-bond donors (Lipinski definition) is 0. The molecule has 0 aliphatic carbocycles. The second kappa shape index (κ2) is 11.6. The van der Waals surface area contributed by atoms with Crippen LogP contribution in [0.25, 0.3) is 5.70 Å². The minimum absolute atomic E-state index is 0.818. The van der Waals surface area contributed by atoms with Crippen LogP contribution in [0.5, 0.6) is 0 Å². The lowest BCUT2D eigenvalue weighted by Gasteiger charge is -2.23. The van der Waals surface area contributed by atoms with E-state index < -0.39 is 0 Å². The van der Waals surface area contributed by atoms with Gasteiger partial charge in [-0.2, -0.15) is 0 Å². The zero-order chi connectivity index (χ0) is 22.8. The first-order chi connectivity index (χ1) is 14.9. The fraction of sp³-hybridized carbons (Fsp3) is 0.200. The Hall–Kier alpha value is -3.50. The summed E-state index contributed by atoms with van der Waals surface area (Å²) in [5.41, 5.74) is 8.95. The maximum Gasteiger partial charge on any atom is 0.0410 e. The predicted octanol–water partition coefficient (Wildman–Crippen LogP) is 7.65. The molecule has 0 fully saturated rings. The molecule has 1 heteroatoms. The van der Waals surface area contributed by atoms with Gasteiger partial charge in [-0.1, -0.05) is 81.0 Å². The molecule has 0 unspecified atom stereocenters. The molecular formula is C30H33N. The molecule has 0 amide bonds. The van der Waals surface area contributed by atoms with E-state index in [1.165, 1.54) is 11.1 Å². The van der Waals surface area contributed by atoms with Crippen molar-refractivity contribution in [2.45, 2.75) is 33.6 Å².